The van der Waals surface area contributed by atoms with Gasteiger partial charge >= 0.3 is 0 Å². The van der Waals surface area contributed by atoms with Crippen LogP contribution >= 0.6 is 0 Å². The van der Waals surface area contributed by atoms with Crippen molar-refractivity contribution < 1.29 is 0 Å². The summed E-state index contributed by atoms with van der Waals surface area (Å²) in [5.74, 6) is 2.36. The van der Waals surface area contributed by atoms with Gasteiger partial charge in [0.1, 0.15) is 8.24 Å². The molecule has 0 radical (unpaired) electrons. The largest absolute Gasteiger partial charge is 0.370 e. The van der Waals surface area contributed by atoms with Crippen molar-refractivity contribution in [3.05, 3.63) is 71.8 Å². The maximum Gasteiger partial charge on any atom is 0.124 e. The molecule has 0 spiro atoms. The van der Waals surface area contributed by atoms with E-state index in [-0.39, 0.29) is 0 Å². The lowest BCUT2D eigenvalue weighted by atomic mass is 9.74. The van der Waals surface area contributed by atoms with Crippen LogP contribution in [0.1, 0.15) is 36.8 Å². The fourth-order valence-corrected chi connectivity index (χ4v) is 10.3. The monoisotopic (exact) mass is 416 g/mol. The number of rotatable bonds is 4. The lowest BCUT2D eigenvalue weighted by molar-refractivity contribution is 0.250. The number of nitrogens with one attached hydrogen (secondary N) is 1. The summed E-state index contributed by atoms with van der Waals surface area (Å²) in [7, 11) is 3.05. The number of hydrogen-bond donors (Lipinski definition) is 1. The Hall–Kier alpha value is -1.84. The molecule has 3 aliphatic rings. The first-order chi connectivity index (χ1) is 14.5. The Bertz CT molecular complexity index is 920. The summed E-state index contributed by atoms with van der Waals surface area (Å²) in [6.45, 7) is 5.14. The molecule has 1 N–H and O–H groups in total. The van der Waals surface area contributed by atoms with E-state index in [9.17, 15) is 0 Å². The van der Waals surface area contributed by atoms with Gasteiger partial charge in [-0.3, -0.25) is 0 Å². The highest BCUT2D eigenvalue weighted by Crippen LogP contribution is 2.64. The molecule has 0 bridgehead atoms. The summed E-state index contributed by atoms with van der Waals surface area (Å²) < 4.78 is 0. The van der Waals surface area contributed by atoms with E-state index >= 15 is 0 Å². The molecular formula is C27H36N2Si. The summed E-state index contributed by atoms with van der Waals surface area (Å²) in [5, 5.41) is 0. The molecule has 30 heavy (non-hydrogen) atoms. The average Bonchev–Trinajstić information content (AvgIpc) is 3.28. The topological polar surface area (TPSA) is 15.3 Å². The molecule has 5 rings (SSSR count). The Labute approximate surface area is 183 Å². The van der Waals surface area contributed by atoms with Gasteiger partial charge in [0.2, 0.25) is 0 Å². The zero-order valence-corrected chi connectivity index (χ0v) is 19.9. The molecule has 2 aromatic carbocycles. The number of fused-ring (bicyclic) bond motifs is 3. The molecule has 1 aliphatic heterocycles. The Morgan fingerprint density at radius 3 is 2.00 bits per heavy atom. The maximum atomic E-state index is 3.85. The van der Waals surface area contributed by atoms with Crippen LogP contribution in [0.25, 0.3) is 11.3 Å². The van der Waals surface area contributed by atoms with Gasteiger partial charge in [0, 0.05) is 24.7 Å². The molecule has 2 saturated carbocycles. The number of hydrogen-bond acceptors (Lipinski definition) is 2. The van der Waals surface area contributed by atoms with E-state index < -0.39 is 8.24 Å². The first-order valence-electron chi connectivity index (χ1n) is 11.8. The molecule has 158 valence electrons. The van der Waals surface area contributed by atoms with Crippen molar-refractivity contribution in [1.29, 1.82) is 0 Å². The minimum absolute atomic E-state index is 0.623. The van der Waals surface area contributed by atoms with Gasteiger partial charge in [-0.2, -0.15) is 0 Å². The van der Waals surface area contributed by atoms with Gasteiger partial charge in [-0.05, 0) is 47.5 Å². The predicted molar refractivity (Wildman–Crippen MR) is 130 cm³/mol. The molecule has 0 aromatic heterocycles. The minimum atomic E-state index is -1.56. The second-order valence-corrected chi connectivity index (χ2v) is 14.8. The van der Waals surface area contributed by atoms with Crippen molar-refractivity contribution in [2.75, 3.05) is 14.1 Å². The minimum Gasteiger partial charge on any atom is -0.370 e. The lowest BCUT2D eigenvalue weighted by Crippen LogP contribution is -2.53. The fraction of sp³-hybridized carbons (Fsp3) is 0.481. The third-order valence-electron chi connectivity index (χ3n) is 8.53. The first kappa shape index (κ1) is 20.1. The van der Waals surface area contributed by atoms with Crippen molar-refractivity contribution in [2.24, 2.45) is 17.8 Å². The maximum absolute atomic E-state index is 3.85. The molecule has 5 atom stereocenters. The van der Waals surface area contributed by atoms with Crippen LogP contribution in [-0.2, 0) is 0 Å². The molecule has 0 saturated heterocycles. The zero-order valence-electron chi connectivity index (χ0n) is 18.9. The van der Waals surface area contributed by atoms with E-state index in [1.54, 1.807) is 5.57 Å². The number of nitrogens with zero attached hydrogens (tertiary/aromatic N) is 1. The molecule has 2 fully saturated rings. The smallest absolute Gasteiger partial charge is 0.124 e. The third-order valence-corrected chi connectivity index (χ3v) is 12.3. The van der Waals surface area contributed by atoms with Gasteiger partial charge in [-0.25, -0.2) is 0 Å². The normalized spacial score (nSPS) is 31.1. The van der Waals surface area contributed by atoms with Crippen molar-refractivity contribution in [2.45, 2.75) is 50.4 Å². The Kier molecular flexibility index (Phi) is 5.15. The number of benzene rings is 2. The summed E-state index contributed by atoms with van der Waals surface area (Å²) in [4.78, 5) is 6.56. The highest BCUT2D eigenvalue weighted by molar-refractivity contribution is 6.76. The second-order valence-electron chi connectivity index (χ2n) is 10.2. The van der Waals surface area contributed by atoms with Gasteiger partial charge in [0.25, 0.3) is 0 Å². The summed E-state index contributed by atoms with van der Waals surface area (Å²) in [5.41, 5.74) is 6.71. The van der Waals surface area contributed by atoms with Gasteiger partial charge in [0.05, 0.1) is 0 Å². The van der Waals surface area contributed by atoms with E-state index in [0.717, 1.165) is 17.4 Å². The Balaban J connectivity index is 1.72. The highest BCUT2D eigenvalue weighted by Gasteiger charge is 2.61. The van der Waals surface area contributed by atoms with Crippen LogP contribution in [0.3, 0.4) is 0 Å². The standard InChI is InChI=1S/C27H36N2Si/c1-28-30(3,4)27-22-18-12-11-17-21(22)24-23(19-13-7-5-8-14-19)25(29(2)26(24)27)20-15-9-6-10-16-20/h5-10,13-16,21-22,24,26-28H,11-12,17-18H2,1-4H3. The zero-order chi connectivity index (χ0) is 20.9. The summed E-state index contributed by atoms with van der Waals surface area (Å²) in [6, 6.07) is 23.1. The Morgan fingerprint density at radius 1 is 0.833 bits per heavy atom. The molecule has 2 aromatic rings. The average molecular weight is 417 g/mol. The van der Waals surface area contributed by atoms with Crippen molar-refractivity contribution in [3.8, 4) is 0 Å². The molecule has 5 unspecified atom stereocenters. The molecule has 1 heterocycles. The van der Waals surface area contributed by atoms with Crippen LogP contribution < -0.4 is 4.98 Å². The quantitative estimate of drug-likeness (QED) is 0.606. The van der Waals surface area contributed by atoms with E-state index in [4.69, 9.17) is 0 Å². The van der Waals surface area contributed by atoms with E-state index in [2.05, 4.69) is 97.7 Å². The van der Waals surface area contributed by atoms with E-state index in [0.29, 0.717) is 12.0 Å². The van der Waals surface area contributed by atoms with Crippen molar-refractivity contribution in [1.82, 2.24) is 9.88 Å². The molecule has 0 amide bonds. The van der Waals surface area contributed by atoms with Crippen LogP contribution in [0, 0.1) is 17.8 Å². The third kappa shape index (κ3) is 3.01. The Morgan fingerprint density at radius 2 is 1.40 bits per heavy atom. The van der Waals surface area contributed by atoms with Crippen LogP contribution in [0.2, 0.25) is 18.6 Å². The molecule has 2 nitrogen and oxygen atoms in total. The summed E-state index contributed by atoms with van der Waals surface area (Å²) >= 11 is 0. The van der Waals surface area contributed by atoms with Gasteiger partial charge in [-0.15, -0.1) is 0 Å². The van der Waals surface area contributed by atoms with E-state index in [1.165, 1.54) is 42.5 Å². The SMILES string of the molecule is CN[Si](C)(C)C1C2CCCCC2C2C(c3ccccc3)=C(c3ccccc3)N(C)C21. The first-order valence-corrected chi connectivity index (χ1v) is 14.9. The van der Waals surface area contributed by atoms with Gasteiger partial charge in [-0.1, -0.05) is 93.0 Å². The van der Waals surface area contributed by atoms with E-state index in [1.807, 2.05) is 0 Å². The highest BCUT2D eigenvalue weighted by atomic mass is 28.3. The van der Waals surface area contributed by atoms with Crippen molar-refractivity contribution >= 4 is 19.5 Å². The van der Waals surface area contributed by atoms with Crippen LogP contribution in [-0.4, -0.2) is 33.3 Å². The summed E-state index contributed by atoms with van der Waals surface area (Å²) in [6.07, 6.45) is 5.66. The molecular weight excluding hydrogens is 380 g/mol. The van der Waals surface area contributed by atoms with Crippen LogP contribution in [0.5, 0.6) is 0 Å². The molecule has 3 heteroatoms. The van der Waals surface area contributed by atoms with Crippen molar-refractivity contribution in [3.63, 3.8) is 0 Å². The fourth-order valence-electron chi connectivity index (χ4n) is 7.20. The van der Waals surface area contributed by atoms with Gasteiger partial charge in [0.15, 0.2) is 0 Å². The lowest BCUT2D eigenvalue weighted by Gasteiger charge is -2.42. The molecule has 2 aliphatic carbocycles. The van der Waals surface area contributed by atoms with Crippen LogP contribution in [0.4, 0.5) is 0 Å². The van der Waals surface area contributed by atoms with Gasteiger partial charge < -0.3 is 9.88 Å². The predicted octanol–water partition coefficient (Wildman–Crippen LogP) is 6.10. The van der Waals surface area contributed by atoms with Crippen LogP contribution in [0.15, 0.2) is 60.7 Å². The second kappa shape index (κ2) is 7.69.